The summed E-state index contributed by atoms with van der Waals surface area (Å²) in [6.45, 7) is 6.01. The highest BCUT2D eigenvalue weighted by molar-refractivity contribution is 5.95. The SMILES string of the molecule is CCC(NC(=O)c1ccc(OCc2c(C)noc2C)c(OC)c1)c1ncc(-c2ccccc2)[nH]1. The summed E-state index contributed by atoms with van der Waals surface area (Å²) in [6, 6.07) is 14.8. The molecule has 34 heavy (non-hydrogen) atoms. The number of nitrogens with zero attached hydrogens (tertiary/aromatic N) is 2. The first kappa shape index (κ1) is 23.1. The fourth-order valence-corrected chi connectivity index (χ4v) is 3.67. The molecule has 0 spiro atoms. The van der Waals surface area contributed by atoms with E-state index in [1.54, 1.807) is 31.5 Å². The van der Waals surface area contributed by atoms with Crippen molar-refractivity contribution in [1.82, 2.24) is 20.4 Å². The summed E-state index contributed by atoms with van der Waals surface area (Å²) in [4.78, 5) is 20.8. The molecule has 2 heterocycles. The van der Waals surface area contributed by atoms with Gasteiger partial charge in [-0.05, 0) is 44.0 Å². The van der Waals surface area contributed by atoms with Crippen molar-refractivity contribution >= 4 is 5.91 Å². The molecular formula is C26H28N4O4. The Hall–Kier alpha value is -4.07. The summed E-state index contributed by atoms with van der Waals surface area (Å²) < 4.78 is 16.6. The lowest BCUT2D eigenvalue weighted by Gasteiger charge is -2.16. The molecule has 1 atom stereocenters. The molecular weight excluding hydrogens is 432 g/mol. The van der Waals surface area contributed by atoms with Crippen LogP contribution in [0.1, 0.15) is 52.6 Å². The molecule has 4 aromatic rings. The number of aromatic amines is 1. The minimum absolute atomic E-state index is 0.222. The third-order valence-corrected chi connectivity index (χ3v) is 5.70. The summed E-state index contributed by atoms with van der Waals surface area (Å²) in [5, 5.41) is 7.00. The van der Waals surface area contributed by atoms with Crippen molar-refractivity contribution in [2.45, 2.75) is 39.8 Å². The zero-order valence-corrected chi connectivity index (χ0v) is 19.7. The van der Waals surface area contributed by atoms with Crippen LogP contribution in [0.25, 0.3) is 11.3 Å². The Kier molecular flexibility index (Phi) is 6.96. The highest BCUT2D eigenvalue weighted by atomic mass is 16.5. The van der Waals surface area contributed by atoms with Gasteiger partial charge in [0.05, 0.1) is 36.3 Å². The third kappa shape index (κ3) is 4.96. The fourth-order valence-electron chi connectivity index (χ4n) is 3.67. The average Bonchev–Trinajstić information content (AvgIpc) is 3.48. The molecule has 0 aliphatic carbocycles. The second-order valence-corrected chi connectivity index (χ2v) is 7.94. The molecule has 8 heteroatoms. The predicted molar refractivity (Wildman–Crippen MR) is 128 cm³/mol. The van der Waals surface area contributed by atoms with Crippen LogP contribution in [0, 0.1) is 13.8 Å². The summed E-state index contributed by atoms with van der Waals surface area (Å²) in [5.74, 6) is 2.20. The van der Waals surface area contributed by atoms with Crippen LogP contribution in [0.3, 0.4) is 0 Å². The maximum atomic E-state index is 13.0. The van der Waals surface area contributed by atoms with E-state index in [-0.39, 0.29) is 11.9 Å². The molecule has 1 unspecified atom stereocenters. The van der Waals surface area contributed by atoms with E-state index in [2.05, 4.69) is 20.4 Å². The molecule has 8 nitrogen and oxygen atoms in total. The van der Waals surface area contributed by atoms with Crippen LogP contribution in [-0.4, -0.2) is 28.1 Å². The van der Waals surface area contributed by atoms with Gasteiger partial charge in [0.15, 0.2) is 11.5 Å². The van der Waals surface area contributed by atoms with Crippen LogP contribution in [0.2, 0.25) is 0 Å². The molecule has 4 rings (SSSR count). The van der Waals surface area contributed by atoms with Gasteiger partial charge in [0, 0.05) is 5.56 Å². The molecule has 2 aromatic heterocycles. The van der Waals surface area contributed by atoms with Gasteiger partial charge >= 0.3 is 0 Å². The number of hydrogen-bond acceptors (Lipinski definition) is 6. The average molecular weight is 461 g/mol. The lowest BCUT2D eigenvalue weighted by molar-refractivity contribution is 0.0933. The molecule has 176 valence electrons. The molecule has 2 aromatic carbocycles. The first-order chi connectivity index (χ1) is 16.5. The number of ether oxygens (including phenoxy) is 2. The maximum Gasteiger partial charge on any atom is 0.252 e. The Bertz CT molecular complexity index is 1240. The molecule has 0 fully saturated rings. The number of aryl methyl sites for hydroxylation is 2. The van der Waals surface area contributed by atoms with E-state index in [0.717, 1.165) is 22.5 Å². The van der Waals surface area contributed by atoms with Crippen LogP contribution in [0.5, 0.6) is 11.5 Å². The van der Waals surface area contributed by atoms with E-state index in [1.165, 1.54) is 0 Å². The van der Waals surface area contributed by atoms with E-state index in [0.29, 0.717) is 41.7 Å². The van der Waals surface area contributed by atoms with Gasteiger partial charge in [-0.1, -0.05) is 42.4 Å². The summed E-state index contributed by atoms with van der Waals surface area (Å²) in [7, 11) is 1.54. The Labute approximate surface area is 198 Å². The van der Waals surface area contributed by atoms with Crippen LogP contribution in [0.4, 0.5) is 0 Å². The normalized spacial score (nSPS) is 11.8. The van der Waals surface area contributed by atoms with Gasteiger partial charge in [0.2, 0.25) is 0 Å². The van der Waals surface area contributed by atoms with Gasteiger partial charge in [0.1, 0.15) is 18.2 Å². The minimum atomic E-state index is -0.258. The van der Waals surface area contributed by atoms with Gasteiger partial charge in [-0.2, -0.15) is 0 Å². The number of carbonyl (C=O) groups excluding carboxylic acids is 1. The van der Waals surface area contributed by atoms with E-state index in [9.17, 15) is 4.79 Å². The van der Waals surface area contributed by atoms with Crippen molar-refractivity contribution < 1.29 is 18.8 Å². The highest BCUT2D eigenvalue weighted by Gasteiger charge is 2.19. The number of H-pyrrole nitrogens is 1. The second-order valence-electron chi connectivity index (χ2n) is 7.94. The standard InChI is InChI=1S/C26H28N4O4/c1-5-21(25-27-14-22(28-25)18-9-7-6-8-10-18)29-26(31)19-11-12-23(24(13-19)32-4)33-15-20-16(2)30-34-17(20)3/h6-14,21H,5,15H2,1-4H3,(H,27,28)(H,29,31). The first-order valence-corrected chi connectivity index (χ1v) is 11.1. The predicted octanol–water partition coefficient (Wildman–Crippen LogP) is 5.15. The van der Waals surface area contributed by atoms with Gasteiger partial charge < -0.3 is 24.3 Å². The number of hydrogen-bond donors (Lipinski definition) is 2. The summed E-state index contributed by atoms with van der Waals surface area (Å²) >= 11 is 0. The van der Waals surface area contributed by atoms with Crippen LogP contribution >= 0.6 is 0 Å². The van der Waals surface area contributed by atoms with E-state index < -0.39 is 0 Å². The Morgan fingerprint density at radius 2 is 1.94 bits per heavy atom. The van der Waals surface area contributed by atoms with Crippen molar-refractivity contribution in [3.8, 4) is 22.8 Å². The van der Waals surface area contributed by atoms with E-state index in [4.69, 9.17) is 14.0 Å². The number of rotatable bonds is 9. The molecule has 2 N–H and O–H groups in total. The number of aromatic nitrogens is 3. The fraction of sp³-hybridized carbons (Fsp3) is 0.269. The molecule has 0 aliphatic rings. The van der Waals surface area contributed by atoms with Crippen molar-refractivity contribution in [2.75, 3.05) is 7.11 Å². The van der Waals surface area contributed by atoms with Crippen molar-refractivity contribution in [1.29, 1.82) is 0 Å². The van der Waals surface area contributed by atoms with Crippen molar-refractivity contribution in [3.05, 3.63) is 83.1 Å². The smallest absolute Gasteiger partial charge is 0.252 e. The zero-order valence-electron chi connectivity index (χ0n) is 19.7. The highest BCUT2D eigenvalue weighted by Crippen LogP contribution is 2.30. The van der Waals surface area contributed by atoms with Gasteiger partial charge in [0.25, 0.3) is 5.91 Å². The third-order valence-electron chi connectivity index (χ3n) is 5.70. The van der Waals surface area contributed by atoms with Crippen molar-refractivity contribution in [3.63, 3.8) is 0 Å². The van der Waals surface area contributed by atoms with E-state index in [1.807, 2.05) is 51.1 Å². The minimum Gasteiger partial charge on any atom is -0.493 e. The van der Waals surface area contributed by atoms with E-state index >= 15 is 0 Å². The van der Waals surface area contributed by atoms with Gasteiger partial charge in [-0.3, -0.25) is 4.79 Å². The number of imidazole rings is 1. The quantitative estimate of drug-likeness (QED) is 0.358. The van der Waals surface area contributed by atoms with Crippen LogP contribution in [0.15, 0.2) is 59.3 Å². The zero-order chi connectivity index (χ0) is 24.1. The Morgan fingerprint density at radius 1 is 1.15 bits per heavy atom. The van der Waals surface area contributed by atoms with Crippen molar-refractivity contribution in [2.24, 2.45) is 0 Å². The first-order valence-electron chi connectivity index (χ1n) is 11.1. The number of nitrogens with one attached hydrogen (secondary N) is 2. The molecule has 0 bridgehead atoms. The summed E-state index contributed by atoms with van der Waals surface area (Å²) in [6.07, 6.45) is 2.47. The Morgan fingerprint density at radius 3 is 2.62 bits per heavy atom. The lowest BCUT2D eigenvalue weighted by Crippen LogP contribution is -2.29. The van der Waals surface area contributed by atoms with Crippen LogP contribution in [-0.2, 0) is 6.61 Å². The summed E-state index contributed by atoms with van der Waals surface area (Å²) in [5.41, 5.74) is 4.09. The second kappa shape index (κ2) is 10.2. The Balaban J connectivity index is 1.46. The number of methoxy groups -OCH3 is 1. The molecule has 0 radical (unpaired) electrons. The molecule has 0 saturated carbocycles. The van der Waals surface area contributed by atoms with Gasteiger partial charge in [-0.25, -0.2) is 4.98 Å². The van der Waals surface area contributed by atoms with Gasteiger partial charge in [-0.15, -0.1) is 0 Å². The molecule has 0 aliphatic heterocycles. The maximum absolute atomic E-state index is 13.0. The topological polar surface area (TPSA) is 102 Å². The lowest BCUT2D eigenvalue weighted by atomic mass is 10.1. The number of benzene rings is 2. The number of carbonyl (C=O) groups is 1. The largest absolute Gasteiger partial charge is 0.493 e. The molecule has 1 amide bonds. The van der Waals surface area contributed by atoms with Crippen LogP contribution < -0.4 is 14.8 Å². The number of amides is 1. The monoisotopic (exact) mass is 460 g/mol. The molecule has 0 saturated heterocycles.